The van der Waals surface area contributed by atoms with E-state index in [-0.39, 0.29) is 35.4 Å². The molecule has 36 heavy (non-hydrogen) atoms. The summed E-state index contributed by atoms with van der Waals surface area (Å²) in [6.07, 6.45) is 0.915. The number of piperidine rings is 1. The van der Waals surface area contributed by atoms with Gasteiger partial charge in [0.2, 0.25) is 11.8 Å². The van der Waals surface area contributed by atoms with Crippen molar-refractivity contribution in [3.8, 4) is 0 Å². The number of halogens is 3. The van der Waals surface area contributed by atoms with Crippen molar-refractivity contribution < 1.29 is 28.3 Å². The summed E-state index contributed by atoms with van der Waals surface area (Å²) in [5.41, 5.74) is -0.0996. The summed E-state index contributed by atoms with van der Waals surface area (Å²) in [5.74, 6) is -4.85. The Balaban J connectivity index is 0.00000361. The lowest BCUT2D eigenvalue weighted by Crippen LogP contribution is -2.46. The van der Waals surface area contributed by atoms with Gasteiger partial charge >= 0.3 is 6.09 Å². The molecule has 0 unspecified atom stereocenters. The number of alkyl halides is 2. The quantitative estimate of drug-likeness (QED) is 0.241. The molecule has 0 bridgehead atoms. The zero-order valence-corrected chi connectivity index (χ0v) is 20.9. The SMILES string of the molecule is CC(C)(C)OC(=O)N1CCC(c2cc(=O)[nH]c3c(/C(=N/O)NC(=O)C4CC(F)(F)C4)cnn23)CC1.Cl. The van der Waals surface area contributed by atoms with E-state index in [9.17, 15) is 28.4 Å². The summed E-state index contributed by atoms with van der Waals surface area (Å²) < 4.78 is 33.1. The monoisotopic (exact) mass is 530 g/mol. The molecule has 198 valence electrons. The van der Waals surface area contributed by atoms with Crippen LogP contribution in [0.2, 0.25) is 0 Å². The van der Waals surface area contributed by atoms with Crippen molar-refractivity contribution in [3.63, 3.8) is 0 Å². The Morgan fingerprint density at radius 1 is 1.28 bits per heavy atom. The lowest BCUT2D eigenvalue weighted by molar-refractivity contribution is -0.148. The van der Waals surface area contributed by atoms with Crippen LogP contribution in [0.5, 0.6) is 0 Å². The number of amidine groups is 1. The van der Waals surface area contributed by atoms with Crippen molar-refractivity contribution in [1.29, 1.82) is 0 Å². The Bertz CT molecular complexity index is 1220. The number of oxime groups is 1. The first-order valence-corrected chi connectivity index (χ1v) is 11.4. The van der Waals surface area contributed by atoms with E-state index in [0.29, 0.717) is 31.6 Å². The maximum Gasteiger partial charge on any atom is 0.410 e. The van der Waals surface area contributed by atoms with Gasteiger partial charge in [-0.2, -0.15) is 5.10 Å². The van der Waals surface area contributed by atoms with Gasteiger partial charge in [-0.1, -0.05) is 5.16 Å². The first-order valence-electron chi connectivity index (χ1n) is 11.4. The minimum Gasteiger partial charge on any atom is -0.444 e. The van der Waals surface area contributed by atoms with Crippen LogP contribution in [0.1, 0.15) is 63.6 Å². The van der Waals surface area contributed by atoms with E-state index in [2.05, 4.69) is 20.6 Å². The number of H-pyrrole nitrogens is 1. The summed E-state index contributed by atoms with van der Waals surface area (Å²) in [6.45, 7) is 6.27. The molecule has 1 saturated carbocycles. The van der Waals surface area contributed by atoms with E-state index in [4.69, 9.17) is 4.74 Å². The van der Waals surface area contributed by atoms with Crippen molar-refractivity contribution in [1.82, 2.24) is 24.8 Å². The molecule has 14 heteroatoms. The predicted octanol–water partition coefficient (Wildman–Crippen LogP) is 2.86. The van der Waals surface area contributed by atoms with Gasteiger partial charge in [0.1, 0.15) is 11.2 Å². The molecule has 0 aromatic carbocycles. The second-order valence-electron chi connectivity index (χ2n) is 10.0. The summed E-state index contributed by atoms with van der Waals surface area (Å²) in [7, 11) is 0. The maximum atomic E-state index is 13.1. The largest absolute Gasteiger partial charge is 0.444 e. The van der Waals surface area contributed by atoms with Gasteiger partial charge in [0.25, 0.3) is 5.56 Å². The second-order valence-corrected chi connectivity index (χ2v) is 10.0. The van der Waals surface area contributed by atoms with E-state index in [1.165, 1.54) is 16.8 Å². The molecule has 0 atom stereocenters. The van der Waals surface area contributed by atoms with E-state index >= 15 is 0 Å². The van der Waals surface area contributed by atoms with Crippen LogP contribution in [-0.4, -0.2) is 67.2 Å². The number of nitrogens with one attached hydrogen (secondary N) is 2. The molecule has 0 spiro atoms. The molecule has 0 radical (unpaired) electrons. The third kappa shape index (κ3) is 5.77. The molecular formula is C22H29ClF2N6O5. The second kappa shape index (κ2) is 10.0. The molecule has 1 aliphatic heterocycles. The van der Waals surface area contributed by atoms with Crippen LogP contribution in [0, 0.1) is 5.92 Å². The van der Waals surface area contributed by atoms with Crippen LogP contribution in [0.25, 0.3) is 5.65 Å². The maximum absolute atomic E-state index is 13.1. The minimum atomic E-state index is -2.87. The molecule has 2 aromatic heterocycles. The minimum absolute atomic E-state index is 0. The number of hydrogen-bond donors (Lipinski definition) is 3. The van der Waals surface area contributed by atoms with Crippen LogP contribution in [0.4, 0.5) is 13.6 Å². The van der Waals surface area contributed by atoms with Crippen LogP contribution in [0.3, 0.4) is 0 Å². The summed E-state index contributed by atoms with van der Waals surface area (Å²) in [6, 6.07) is 1.42. The first-order chi connectivity index (χ1) is 16.4. The van der Waals surface area contributed by atoms with Gasteiger partial charge in [-0.3, -0.25) is 9.59 Å². The number of nitrogens with zero attached hydrogens (tertiary/aromatic N) is 4. The zero-order valence-electron chi connectivity index (χ0n) is 20.1. The topological polar surface area (TPSA) is 141 Å². The number of hydrogen-bond acceptors (Lipinski definition) is 7. The van der Waals surface area contributed by atoms with Gasteiger partial charge in [0.05, 0.1) is 17.5 Å². The van der Waals surface area contributed by atoms with Gasteiger partial charge in [0.15, 0.2) is 5.84 Å². The van der Waals surface area contributed by atoms with E-state index in [0.717, 1.165) is 0 Å². The van der Waals surface area contributed by atoms with E-state index in [1.54, 1.807) is 25.7 Å². The number of fused-ring (bicyclic) bond motifs is 1. The highest BCUT2D eigenvalue weighted by Gasteiger charge is 2.49. The van der Waals surface area contributed by atoms with Crippen molar-refractivity contribution in [3.05, 3.63) is 33.9 Å². The summed E-state index contributed by atoms with van der Waals surface area (Å²) in [4.78, 5) is 41.3. The molecule has 2 aliphatic rings. The summed E-state index contributed by atoms with van der Waals surface area (Å²) >= 11 is 0. The molecule has 11 nitrogen and oxygen atoms in total. The standard InChI is InChI=1S/C22H28F2N6O5.ClH/c1-21(2,3)35-20(33)29-6-4-12(5-7-29)15-8-16(31)26-18-14(11-25-30(15)18)17(28-34)27-19(32)13-9-22(23,24)10-13;/h8,11-13,34H,4-7,9-10H2,1-3H3,(H,26,31)(H,27,28,32);1H. The molecule has 1 saturated heterocycles. The number of aromatic nitrogens is 3. The molecule has 4 rings (SSSR count). The first kappa shape index (κ1) is 27.4. The smallest absolute Gasteiger partial charge is 0.410 e. The van der Waals surface area contributed by atoms with Crippen molar-refractivity contribution in [2.75, 3.05) is 13.1 Å². The molecule has 3 N–H and O–H groups in total. The molecule has 2 aromatic rings. The van der Waals surface area contributed by atoms with Gasteiger partial charge in [-0.05, 0) is 33.6 Å². The van der Waals surface area contributed by atoms with Gasteiger partial charge in [0, 0.05) is 43.8 Å². The molecule has 2 fully saturated rings. The Labute approximate surface area is 211 Å². The van der Waals surface area contributed by atoms with E-state index < -0.39 is 47.8 Å². The number of aromatic amines is 1. The van der Waals surface area contributed by atoms with Gasteiger partial charge in [-0.15, -0.1) is 12.4 Å². The predicted molar refractivity (Wildman–Crippen MR) is 127 cm³/mol. The lowest BCUT2D eigenvalue weighted by Gasteiger charge is -2.33. The fraction of sp³-hybridized carbons (Fsp3) is 0.591. The number of rotatable bonds is 3. The lowest BCUT2D eigenvalue weighted by atomic mass is 9.81. The number of carbonyl (C=O) groups excluding carboxylic acids is 2. The Morgan fingerprint density at radius 3 is 2.47 bits per heavy atom. The fourth-order valence-electron chi connectivity index (χ4n) is 4.37. The third-order valence-electron chi connectivity index (χ3n) is 6.16. The summed E-state index contributed by atoms with van der Waals surface area (Å²) in [5, 5.41) is 19.2. The van der Waals surface area contributed by atoms with Crippen LogP contribution >= 0.6 is 12.4 Å². The normalized spacial score (nSPS) is 18.9. The van der Waals surface area contributed by atoms with Crippen molar-refractivity contribution >= 4 is 35.9 Å². The molecule has 1 aliphatic carbocycles. The number of carbonyl (C=O) groups is 2. The number of amides is 2. The van der Waals surface area contributed by atoms with Crippen molar-refractivity contribution in [2.45, 2.75) is 63.9 Å². The highest BCUT2D eigenvalue weighted by Crippen LogP contribution is 2.42. The molecule has 3 heterocycles. The third-order valence-corrected chi connectivity index (χ3v) is 6.16. The van der Waals surface area contributed by atoms with Crippen LogP contribution in [0.15, 0.2) is 22.2 Å². The van der Waals surface area contributed by atoms with E-state index in [1.807, 2.05) is 0 Å². The highest BCUT2D eigenvalue weighted by atomic mass is 35.5. The zero-order chi connectivity index (χ0) is 25.5. The van der Waals surface area contributed by atoms with Crippen molar-refractivity contribution in [2.24, 2.45) is 11.1 Å². The molecule has 2 amide bonds. The number of likely N-dealkylation sites (tertiary alicyclic amines) is 1. The Hall–Kier alpha value is -3.22. The van der Waals surface area contributed by atoms with Gasteiger partial charge < -0.3 is 25.1 Å². The van der Waals surface area contributed by atoms with Crippen LogP contribution in [-0.2, 0) is 9.53 Å². The average molecular weight is 531 g/mol. The van der Waals surface area contributed by atoms with Crippen LogP contribution < -0.4 is 10.9 Å². The highest BCUT2D eigenvalue weighted by molar-refractivity contribution is 6.11. The Morgan fingerprint density at radius 2 is 1.92 bits per heavy atom. The van der Waals surface area contributed by atoms with Gasteiger partial charge in [-0.25, -0.2) is 18.1 Å². The Kier molecular flexibility index (Phi) is 7.63. The number of ether oxygens (including phenoxy) is 1. The molecular weight excluding hydrogens is 502 g/mol. The fourth-order valence-corrected chi connectivity index (χ4v) is 4.37. The average Bonchev–Trinajstić information content (AvgIpc) is 3.17.